The molecular formula is C18H19BrF2. The Hall–Kier alpha value is -1.22. The fraction of sp³-hybridized carbons (Fsp3) is 0.333. The third-order valence-electron chi connectivity index (χ3n) is 4.12. The Morgan fingerprint density at radius 3 is 2.24 bits per heavy atom. The summed E-state index contributed by atoms with van der Waals surface area (Å²) in [6.07, 6.45) is 1.04. The molecule has 2 aromatic carbocycles. The smallest absolute Gasteiger partial charge is 0.163 e. The average molecular weight is 353 g/mol. The van der Waals surface area contributed by atoms with E-state index in [0.29, 0.717) is 5.56 Å². The van der Waals surface area contributed by atoms with Crippen LogP contribution in [0, 0.1) is 11.6 Å². The van der Waals surface area contributed by atoms with E-state index in [2.05, 4.69) is 48.8 Å². The highest BCUT2D eigenvalue weighted by atomic mass is 79.9. The molecule has 1 atom stereocenters. The van der Waals surface area contributed by atoms with E-state index in [4.69, 9.17) is 0 Å². The Labute approximate surface area is 133 Å². The van der Waals surface area contributed by atoms with Crippen molar-refractivity contribution in [3.05, 3.63) is 70.8 Å². The van der Waals surface area contributed by atoms with Crippen LogP contribution in [0.3, 0.4) is 0 Å². The van der Waals surface area contributed by atoms with E-state index in [1.54, 1.807) is 6.07 Å². The molecule has 2 rings (SSSR count). The monoisotopic (exact) mass is 352 g/mol. The zero-order valence-corrected chi connectivity index (χ0v) is 14.0. The van der Waals surface area contributed by atoms with Crippen molar-refractivity contribution in [3.63, 3.8) is 0 Å². The van der Waals surface area contributed by atoms with Gasteiger partial charge in [0.2, 0.25) is 0 Å². The Morgan fingerprint density at radius 1 is 1.05 bits per heavy atom. The molecule has 2 aromatic rings. The summed E-state index contributed by atoms with van der Waals surface area (Å²) in [5, 5.41) is 0. The molecule has 0 aromatic heterocycles. The topological polar surface area (TPSA) is 0 Å². The van der Waals surface area contributed by atoms with Crippen LogP contribution < -0.4 is 0 Å². The molecule has 112 valence electrons. The van der Waals surface area contributed by atoms with Crippen LogP contribution in [-0.4, -0.2) is 0 Å². The molecule has 1 unspecified atom stereocenters. The van der Waals surface area contributed by atoms with Crippen LogP contribution in [0.5, 0.6) is 0 Å². The molecule has 0 spiro atoms. The maximum absolute atomic E-state index is 13.9. The summed E-state index contributed by atoms with van der Waals surface area (Å²) in [6.45, 7) is 6.54. The first-order chi connectivity index (χ1) is 9.86. The van der Waals surface area contributed by atoms with Crippen molar-refractivity contribution in [1.29, 1.82) is 0 Å². The average Bonchev–Trinajstić information content (AvgIpc) is 2.49. The van der Waals surface area contributed by atoms with Gasteiger partial charge in [-0.15, -0.1) is 0 Å². The number of benzene rings is 2. The van der Waals surface area contributed by atoms with Crippen molar-refractivity contribution in [1.82, 2.24) is 0 Å². The molecular weight excluding hydrogens is 334 g/mol. The second kappa shape index (κ2) is 6.27. The van der Waals surface area contributed by atoms with Gasteiger partial charge in [-0.25, -0.2) is 8.78 Å². The molecule has 0 amide bonds. The molecule has 0 aliphatic heterocycles. The minimum atomic E-state index is -0.819. The largest absolute Gasteiger partial charge is 0.204 e. The maximum Gasteiger partial charge on any atom is 0.163 e. The van der Waals surface area contributed by atoms with Crippen molar-refractivity contribution >= 4 is 15.9 Å². The predicted octanol–water partition coefficient (Wildman–Crippen LogP) is 6.14. The van der Waals surface area contributed by atoms with Crippen molar-refractivity contribution in [2.45, 2.75) is 37.4 Å². The zero-order chi connectivity index (χ0) is 15.6. The molecule has 0 saturated carbocycles. The van der Waals surface area contributed by atoms with Gasteiger partial charge in [0.15, 0.2) is 11.6 Å². The molecule has 0 heterocycles. The molecule has 21 heavy (non-hydrogen) atoms. The van der Waals surface area contributed by atoms with Gasteiger partial charge < -0.3 is 0 Å². The first-order valence-electron chi connectivity index (χ1n) is 7.05. The number of hydrogen-bond acceptors (Lipinski definition) is 0. The molecule has 0 radical (unpaired) electrons. The molecule has 0 aliphatic carbocycles. The van der Waals surface area contributed by atoms with E-state index < -0.39 is 11.6 Å². The number of halogens is 3. The van der Waals surface area contributed by atoms with E-state index in [9.17, 15) is 8.78 Å². The second-order valence-electron chi connectivity index (χ2n) is 5.87. The van der Waals surface area contributed by atoms with Crippen LogP contribution in [0.25, 0.3) is 0 Å². The maximum atomic E-state index is 13.9. The molecule has 0 fully saturated rings. The van der Waals surface area contributed by atoms with Gasteiger partial charge in [-0.1, -0.05) is 73.1 Å². The van der Waals surface area contributed by atoms with E-state index in [1.165, 1.54) is 11.6 Å². The Balaban J connectivity index is 2.32. The van der Waals surface area contributed by atoms with Crippen LogP contribution >= 0.6 is 15.9 Å². The van der Waals surface area contributed by atoms with Gasteiger partial charge >= 0.3 is 0 Å². The van der Waals surface area contributed by atoms with Crippen molar-refractivity contribution in [2.24, 2.45) is 0 Å². The van der Waals surface area contributed by atoms with Crippen molar-refractivity contribution in [3.8, 4) is 0 Å². The summed E-state index contributed by atoms with van der Waals surface area (Å²) in [5.41, 5.74) is 2.59. The quantitative estimate of drug-likeness (QED) is 0.580. The van der Waals surface area contributed by atoms with Crippen LogP contribution in [-0.2, 0) is 5.41 Å². The molecule has 0 bridgehead atoms. The van der Waals surface area contributed by atoms with E-state index >= 15 is 0 Å². The second-order valence-corrected chi connectivity index (χ2v) is 6.78. The molecule has 0 aliphatic rings. The van der Waals surface area contributed by atoms with Gasteiger partial charge in [0, 0.05) is 5.56 Å². The summed E-state index contributed by atoms with van der Waals surface area (Å²) in [7, 11) is 0. The van der Waals surface area contributed by atoms with Gasteiger partial charge in [-0.05, 0) is 29.0 Å². The van der Waals surface area contributed by atoms with Crippen LogP contribution in [0.4, 0.5) is 8.78 Å². The van der Waals surface area contributed by atoms with E-state index in [-0.39, 0.29) is 10.2 Å². The number of alkyl halides is 1. The molecule has 0 saturated heterocycles. The number of rotatable bonds is 4. The lowest BCUT2D eigenvalue weighted by Crippen LogP contribution is -2.15. The fourth-order valence-corrected chi connectivity index (χ4v) is 2.86. The summed E-state index contributed by atoms with van der Waals surface area (Å²) < 4.78 is 27.2. The van der Waals surface area contributed by atoms with Gasteiger partial charge in [0.05, 0.1) is 4.83 Å². The number of hydrogen-bond donors (Lipinski definition) is 0. The summed E-state index contributed by atoms with van der Waals surface area (Å²) in [5.74, 6) is -1.61. The molecule has 0 nitrogen and oxygen atoms in total. The Kier molecular flexibility index (Phi) is 4.82. The fourth-order valence-electron chi connectivity index (χ4n) is 2.20. The Morgan fingerprint density at radius 2 is 1.67 bits per heavy atom. The predicted molar refractivity (Wildman–Crippen MR) is 86.9 cm³/mol. The molecule has 0 N–H and O–H groups in total. The van der Waals surface area contributed by atoms with Gasteiger partial charge in [-0.2, -0.15) is 0 Å². The first kappa shape index (κ1) is 16.2. The van der Waals surface area contributed by atoms with Crippen molar-refractivity contribution in [2.75, 3.05) is 0 Å². The summed E-state index contributed by atoms with van der Waals surface area (Å²) in [6, 6.07) is 12.3. The van der Waals surface area contributed by atoms with Crippen molar-refractivity contribution < 1.29 is 8.78 Å². The van der Waals surface area contributed by atoms with E-state index in [0.717, 1.165) is 18.1 Å². The lowest BCUT2D eigenvalue weighted by molar-refractivity contribution is 0.500. The normalized spacial score (nSPS) is 13.2. The van der Waals surface area contributed by atoms with Gasteiger partial charge in [0.25, 0.3) is 0 Å². The molecule has 3 heteroatoms. The lowest BCUT2D eigenvalue weighted by Gasteiger charge is -2.24. The standard InChI is InChI=1S/C18H19BrF2/c1-4-18(2,3)13-10-8-12(9-11-13)16(19)14-6-5-7-15(20)17(14)21/h5-11,16H,4H2,1-3H3. The SMILES string of the molecule is CCC(C)(C)c1ccc(C(Br)c2cccc(F)c2F)cc1. The highest BCUT2D eigenvalue weighted by molar-refractivity contribution is 9.09. The van der Waals surface area contributed by atoms with Crippen LogP contribution in [0.1, 0.15) is 48.7 Å². The third-order valence-corrected chi connectivity index (χ3v) is 5.15. The minimum Gasteiger partial charge on any atom is -0.204 e. The van der Waals surface area contributed by atoms with Gasteiger partial charge in [0.1, 0.15) is 0 Å². The zero-order valence-electron chi connectivity index (χ0n) is 12.5. The summed E-state index contributed by atoms with van der Waals surface area (Å²) >= 11 is 3.46. The first-order valence-corrected chi connectivity index (χ1v) is 7.97. The highest BCUT2D eigenvalue weighted by Gasteiger charge is 2.20. The third kappa shape index (κ3) is 3.34. The van der Waals surface area contributed by atoms with Crippen LogP contribution in [0.15, 0.2) is 42.5 Å². The minimum absolute atomic E-state index is 0.116. The Bertz CT molecular complexity index is 618. The summed E-state index contributed by atoms with van der Waals surface area (Å²) in [4.78, 5) is -0.355. The highest BCUT2D eigenvalue weighted by Crippen LogP contribution is 2.35. The lowest BCUT2D eigenvalue weighted by atomic mass is 9.82. The van der Waals surface area contributed by atoms with E-state index in [1.807, 2.05) is 12.1 Å². The van der Waals surface area contributed by atoms with Gasteiger partial charge in [-0.3, -0.25) is 0 Å². The van der Waals surface area contributed by atoms with Crippen LogP contribution in [0.2, 0.25) is 0 Å².